The highest BCUT2D eigenvalue weighted by Crippen LogP contribution is 2.19. The number of hydrogen-bond donors (Lipinski definition) is 10. The molecule has 0 heterocycles. The number of halogens is 1. The van der Waals surface area contributed by atoms with E-state index >= 15 is 0 Å². The van der Waals surface area contributed by atoms with E-state index in [-0.39, 0.29) is 6.61 Å². The number of hydrogen-bond acceptors (Lipinski definition) is 20. The lowest BCUT2D eigenvalue weighted by atomic mass is 10.1. The fraction of sp³-hybridized carbons (Fsp3) is 0.508. The smallest absolute Gasteiger partial charge is 0.0558 e. The molecule has 10 aromatic rings. The molecule has 0 saturated heterocycles. The van der Waals surface area contributed by atoms with E-state index in [4.69, 9.17) is 68.3 Å². The molecule has 0 amide bonds. The molecule has 0 bridgehead atoms. The fourth-order valence-corrected chi connectivity index (χ4v) is 16.4. The van der Waals surface area contributed by atoms with Gasteiger partial charge in [-0.15, -0.1) is 0 Å². The number of aliphatic hydroxyl groups excluding tert-OH is 1. The SMILES string of the molecule is CCCCN(CCN)Cc1cccc(C)c1.CCCN(CC)Cc1cccc(C)c1.CCCN(CCN)Cc1cccc(C)c1.CCN(CCN)Cc1ccc(C)cc1.CCN(CCN)Cc1cccc(C)c1.CCN(CCN)Cc1cccc(C)c1.CCN(CCN)Cc1cccc(C)c1.CCN(CCN)Cc1ccccc1Cl.Cc1cccc(CN(C)CCN)c1.Cc1cccc(CN(CCN)CCO)c1. The largest absolute Gasteiger partial charge is 0.395 e. The summed E-state index contributed by atoms with van der Waals surface area (Å²) in [5.74, 6) is 0. The van der Waals surface area contributed by atoms with Crippen LogP contribution in [-0.4, -0.2) is 251 Å². The molecule has 0 aliphatic carbocycles. The normalized spacial score (nSPS) is 10.9. The van der Waals surface area contributed by atoms with Crippen molar-refractivity contribution < 1.29 is 5.11 Å². The Labute approximate surface area is 877 Å². The van der Waals surface area contributed by atoms with Crippen molar-refractivity contribution in [2.75, 3.05) is 197 Å². The molecule has 0 spiro atoms. The first-order chi connectivity index (χ1) is 69.1. The Balaban J connectivity index is 0.000000795. The number of aryl methyl sites for hydroxylation is 9. The molecule has 0 atom stereocenters. The van der Waals surface area contributed by atoms with Gasteiger partial charge in [-0.05, 0) is 209 Å². The number of likely N-dealkylation sites (N-methyl/N-ethyl adjacent to an activating group) is 6. The predicted molar refractivity (Wildman–Crippen MR) is 624 cm³/mol. The summed E-state index contributed by atoms with van der Waals surface area (Å²) in [6, 6.07) is 85.8. The van der Waals surface area contributed by atoms with Gasteiger partial charge in [0.2, 0.25) is 0 Å². The lowest BCUT2D eigenvalue weighted by molar-refractivity contribution is 0.194. The summed E-state index contributed by atoms with van der Waals surface area (Å²) in [5.41, 5.74) is 75.3. The molecular weight excluding hydrogens is 1780 g/mol. The van der Waals surface area contributed by atoms with Gasteiger partial charge in [-0.2, -0.15) is 0 Å². The quantitative estimate of drug-likeness (QED) is 0.0169. The van der Waals surface area contributed by atoms with E-state index < -0.39 is 0 Å². The topological polar surface area (TPSA) is 287 Å². The van der Waals surface area contributed by atoms with Crippen LogP contribution < -0.4 is 51.6 Å². The highest BCUT2D eigenvalue weighted by atomic mass is 35.5. The van der Waals surface area contributed by atoms with Gasteiger partial charge in [0.1, 0.15) is 0 Å². The molecule has 21 heteroatoms. The highest BCUT2D eigenvalue weighted by Gasteiger charge is 2.13. The first kappa shape index (κ1) is 133. The monoisotopic (exact) mass is 1980 g/mol. The van der Waals surface area contributed by atoms with E-state index in [0.29, 0.717) is 19.6 Å². The van der Waals surface area contributed by atoms with Crippen molar-refractivity contribution in [3.8, 4) is 0 Å². The molecule has 0 unspecified atom stereocenters. The maximum Gasteiger partial charge on any atom is 0.0558 e. The van der Waals surface area contributed by atoms with Crippen LogP contribution in [0.3, 0.4) is 0 Å². The van der Waals surface area contributed by atoms with E-state index in [1.807, 2.05) is 18.2 Å². The lowest BCUT2D eigenvalue weighted by Crippen LogP contribution is -2.31. The number of benzene rings is 10. The fourth-order valence-electron chi connectivity index (χ4n) is 16.2. The number of nitrogens with two attached hydrogens (primary N) is 9. The van der Waals surface area contributed by atoms with Crippen LogP contribution in [0, 0.1) is 62.3 Å². The Morgan fingerprint density at radius 1 is 0.210 bits per heavy atom. The van der Waals surface area contributed by atoms with Crippen molar-refractivity contribution in [2.24, 2.45) is 51.6 Å². The molecule has 798 valence electrons. The standard InChI is InChI=1S/C14H24N2.C13H22N2.C13H21N.C12H20N2O.4C12H20N2.C11H17ClN2.C11H18N2/c1-3-4-9-16(10-8-15)12-14-7-5-6-13(2)11-14;1-3-8-15(9-7-14)11-13-6-4-5-12(2)10-13;1-4-9-14(5-2)11-13-8-6-7-12(3)10-13;1-11-3-2-4-12(9-11)10-14(6-5-13)7-8-15;1-3-14(9-8-13)10-12-6-4-11(2)5-7-12;3*1-3-14(8-7-13)10-12-6-4-5-11(2)9-12;1-2-14(8-7-13)9-10-5-3-4-6-11(10)12;1-10-4-3-5-11(8-10)9-13(2)7-6-12/h5-7,11H,3-4,8-10,12,15H2,1-2H3;4-6,10H,3,7-9,11,14H2,1-2H3;6-8,10H,4-5,9,11H2,1-3H3;2-4,9,15H,5-8,10,13H2,1H3;4-7H,3,8-10,13H2,1-2H3;3*4-6,9H,3,7-8,10,13H2,1-2H3;3-6H,2,7-9,13H2,1H3;3-5,8H,6-7,9,12H2,1-2H3. The van der Waals surface area contributed by atoms with Gasteiger partial charge in [-0.3, -0.25) is 44.1 Å². The third-order valence-electron chi connectivity index (χ3n) is 23.9. The Bertz CT molecular complexity index is 4370. The Hall–Kier alpha value is -8.31. The van der Waals surface area contributed by atoms with Gasteiger partial charge in [0.15, 0.2) is 0 Å². The lowest BCUT2D eigenvalue weighted by Gasteiger charge is -2.21. The minimum absolute atomic E-state index is 0.186. The van der Waals surface area contributed by atoms with Gasteiger partial charge in [0, 0.05) is 195 Å². The van der Waals surface area contributed by atoms with Crippen molar-refractivity contribution in [2.45, 2.75) is 216 Å². The number of unbranched alkanes of at least 4 members (excludes halogenated alkanes) is 1. The highest BCUT2D eigenvalue weighted by molar-refractivity contribution is 6.31. The Kier molecular flexibility index (Phi) is 80.5. The second-order valence-corrected chi connectivity index (χ2v) is 37.9. The summed E-state index contributed by atoms with van der Waals surface area (Å²) in [6.07, 6.45) is 4.92. The summed E-state index contributed by atoms with van der Waals surface area (Å²) in [5, 5.41) is 9.75. The zero-order chi connectivity index (χ0) is 106. The predicted octanol–water partition coefficient (Wildman–Crippen LogP) is 19.3. The summed E-state index contributed by atoms with van der Waals surface area (Å²) >= 11 is 6.07. The van der Waals surface area contributed by atoms with Crippen molar-refractivity contribution in [1.29, 1.82) is 0 Å². The zero-order valence-electron chi connectivity index (χ0n) is 93.0. The average Bonchev–Trinajstić information content (AvgIpc) is 0.878. The van der Waals surface area contributed by atoms with Crippen LogP contribution in [0.1, 0.15) is 194 Å². The molecule has 0 aliphatic heterocycles. The van der Waals surface area contributed by atoms with Crippen LogP contribution >= 0.6 is 11.6 Å². The van der Waals surface area contributed by atoms with Crippen molar-refractivity contribution in [1.82, 2.24) is 49.0 Å². The molecule has 0 saturated carbocycles. The summed E-state index contributed by atoms with van der Waals surface area (Å²) < 4.78 is 0. The maximum absolute atomic E-state index is 8.91. The van der Waals surface area contributed by atoms with Crippen LogP contribution in [0.5, 0.6) is 0 Å². The van der Waals surface area contributed by atoms with Crippen LogP contribution in [-0.2, 0) is 65.4 Å². The molecule has 0 radical (unpaired) electrons. The van der Waals surface area contributed by atoms with Gasteiger partial charge in [0.05, 0.1) is 6.61 Å². The second-order valence-electron chi connectivity index (χ2n) is 37.4. The van der Waals surface area contributed by atoms with Crippen molar-refractivity contribution in [3.63, 3.8) is 0 Å². The number of rotatable bonds is 53. The van der Waals surface area contributed by atoms with Crippen molar-refractivity contribution >= 4 is 11.6 Å². The van der Waals surface area contributed by atoms with Gasteiger partial charge in [0.25, 0.3) is 0 Å². The molecule has 19 N–H and O–H groups in total. The van der Waals surface area contributed by atoms with Crippen LogP contribution in [0.4, 0.5) is 0 Å². The van der Waals surface area contributed by atoms with Gasteiger partial charge < -0.3 is 61.6 Å². The minimum Gasteiger partial charge on any atom is -0.395 e. The van der Waals surface area contributed by atoms with Gasteiger partial charge in [-0.25, -0.2) is 0 Å². The maximum atomic E-state index is 8.91. The van der Waals surface area contributed by atoms with E-state index in [9.17, 15) is 0 Å². The minimum atomic E-state index is 0.186. The molecule has 0 aliphatic rings. The van der Waals surface area contributed by atoms with Gasteiger partial charge >= 0.3 is 0 Å². The zero-order valence-corrected chi connectivity index (χ0v) is 93.7. The number of nitrogens with zero attached hydrogens (tertiary/aromatic N) is 10. The van der Waals surface area contributed by atoms with E-state index in [2.05, 4.69) is 405 Å². The Morgan fingerprint density at radius 2 is 0.434 bits per heavy atom. The molecule has 0 aromatic heterocycles. The van der Waals surface area contributed by atoms with E-state index in [0.717, 1.165) is 228 Å². The first-order valence-electron chi connectivity index (χ1n) is 53.4. The van der Waals surface area contributed by atoms with Gasteiger partial charge in [-0.1, -0.05) is 367 Å². The molecule has 20 nitrogen and oxygen atoms in total. The first-order valence-corrected chi connectivity index (χ1v) is 53.8. The van der Waals surface area contributed by atoms with E-state index in [1.165, 1.54) is 138 Å². The summed E-state index contributed by atoms with van der Waals surface area (Å²) in [7, 11) is 2.09. The molecule has 10 aromatic carbocycles. The third-order valence-corrected chi connectivity index (χ3v) is 24.3. The van der Waals surface area contributed by atoms with Crippen molar-refractivity contribution in [3.05, 3.63) is 353 Å². The molecular formula is C122H202ClN19O. The molecule has 143 heavy (non-hydrogen) atoms. The van der Waals surface area contributed by atoms with Crippen LogP contribution in [0.25, 0.3) is 0 Å². The third kappa shape index (κ3) is 68.0. The average molecular weight is 1990 g/mol. The van der Waals surface area contributed by atoms with E-state index in [1.54, 1.807) is 0 Å². The number of aliphatic hydroxyl groups is 1. The Morgan fingerprint density at radius 3 is 0.678 bits per heavy atom. The summed E-state index contributed by atoms with van der Waals surface area (Å²) in [4.78, 5) is 23.4. The molecule has 0 fully saturated rings. The van der Waals surface area contributed by atoms with Crippen LogP contribution in [0.15, 0.2) is 243 Å². The second kappa shape index (κ2) is 86.8. The molecule has 10 rings (SSSR count). The summed E-state index contributed by atoms with van der Waals surface area (Å²) in [6.45, 7) is 74.6. The van der Waals surface area contributed by atoms with Crippen LogP contribution in [0.2, 0.25) is 5.02 Å².